The first-order chi connectivity index (χ1) is 8.31. The van der Waals surface area contributed by atoms with Crippen molar-refractivity contribution in [1.82, 2.24) is 5.32 Å². The molecule has 1 amide bonds. The van der Waals surface area contributed by atoms with Gasteiger partial charge in [-0.05, 0) is 12.1 Å². The average Bonchev–Trinajstić information content (AvgIpc) is 2.78. The minimum Gasteiger partial charge on any atom is -0.451 e. The molecule has 0 radical (unpaired) electrons. The highest BCUT2D eigenvalue weighted by Gasteiger charge is 2.10. The van der Waals surface area contributed by atoms with E-state index in [9.17, 15) is 4.79 Å². The molecule has 0 unspecified atom stereocenters. The van der Waals surface area contributed by atoms with Crippen LogP contribution in [0.4, 0.5) is 0 Å². The number of carbonyl (C=O) groups is 1. The van der Waals surface area contributed by atoms with E-state index >= 15 is 0 Å². The number of para-hydroxylation sites is 1. The molecule has 4 heteroatoms. The van der Waals surface area contributed by atoms with Gasteiger partial charge in [0, 0.05) is 18.5 Å². The number of fused-ring (bicyclic) bond motifs is 1. The molecule has 2 aromatic rings. The lowest BCUT2D eigenvalue weighted by Gasteiger charge is -1.97. The highest BCUT2D eigenvalue weighted by molar-refractivity contribution is 5.96. The monoisotopic (exact) mass is 230 g/mol. The van der Waals surface area contributed by atoms with Gasteiger partial charge in [0.15, 0.2) is 5.76 Å². The Bertz CT molecular complexity index is 510. The summed E-state index contributed by atoms with van der Waals surface area (Å²) < 4.78 is 5.43. The van der Waals surface area contributed by atoms with Gasteiger partial charge in [0.1, 0.15) is 5.58 Å². The molecule has 0 saturated carbocycles. The quantitative estimate of drug-likeness (QED) is 0.785. The third-order valence-corrected chi connectivity index (χ3v) is 2.33. The fourth-order valence-corrected chi connectivity index (χ4v) is 1.51. The number of amides is 1. The zero-order chi connectivity index (χ0) is 12.1. The van der Waals surface area contributed by atoms with E-state index in [1.165, 1.54) is 0 Å². The summed E-state index contributed by atoms with van der Waals surface area (Å²) in [6, 6.07) is 9.25. The number of benzene rings is 1. The molecule has 2 rings (SSSR count). The second-order valence-electron chi connectivity index (χ2n) is 3.57. The zero-order valence-corrected chi connectivity index (χ0v) is 9.35. The van der Waals surface area contributed by atoms with E-state index in [0.717, 1.165) is 11.0 Å². The van der Waals surface area contributed by atoms with Gasteiger partial charge in [0.25, 0.3) is 5.91 Å². The maximum atomic E-state index is 11.7. The van der Waals surface area contributed by atoms with E-state index in [1.54, 1.807) is 18.2 Å². The Morgan fingerprint density at radius 2 is 2.18 bits per heavy atom. The first-order valence-corrected chi connectivity index (χ1v) is 5.43. The highest BCUT2D eigenvalue weighted by atomic mass is 16.3. The van der Waals surface area contributed by atoms with Crippen LogP contribution in [0.1, 0.15) is 10.6 Å². The first kappa shape index (κ1) is 11.4. The molecule has 0 bridgehead atoms. The van der Waals surface area contributed by atoms with Crippen LogP contribution in [0, 0.1) is 0 Å². The second-order valence-corrected chi connectivity index (χ2v) is 3.57. The molecular formula is C13H14N2O2. The Balaban J connectivity index is 2.06. The summed E-state index contributed by atoms with van der Waals surface area (Å²) in [5, 5.41) is 3.65. The molecule has 88 valence electrons. The van der Waals surface area contributed by atoms with E-state index in [0.29, 0.717) is 18.8 Å². The van der Waals surface area contributed by atoms with E-state index in [1.807, 2.05) is 24.3 Å². The topological polar surface area (TPSA) is 68.3 Å². The minimum absolute atomic E-state index is 0.220. The molecule has 4 nitrogen and oxygen atoms in total. The molecule has 1 aromatic carbocycles. The van der Waals surface area contributed by atoms with Crippen LogP contribution < -0.4 is 11.1 Å². The van der Waals surface area contributed by atoms with E-state index in [4.69, 9.17) is 10.2 Å². The fraction of sp³-hybridized carbons (Fsp3) is 0.154. The van der Waals surface area contributed by atoms with Crippen LogP contribution in [0.3, 0.4) is 0 Å². The third kappa shape index (κ3) is 2.73. The van der Waals surface area contributed by atoms with Gasteiger partial charge in [0.05, 0.1) is 0 Å². The van der Waals surface area contributed by atoms with Gasteiger partial charge in [-0.1, -0.05) is 30.4 Å². The molecule has 0 aliphatic rings. The lowest BCUT2D eigenvalue weighted by atomic mass is 10.2. The molecule has 0 aliphatic carbocycles. The Labute approximate surface area is 99.1 Å². The summed E-state index contributed by atoms with van der Waals surface area (Å²) in [6.45, 7) is 0.924. The molecular weight excluding hydrogens is 216 g/mol. The SMILES string of the molecule is NC/C=C/CNC(=O)c1cc2ccccc2o1. The highest BCUT2D eigenvalue weighted by Crippen LogP contribution is 2.18. The average molecular weight is 230 g/mol. The van der Waals surface area contributed by atoms with Crippen LogP contribution >= 0.6 is 0 Å². The van der Waals surface area contributed by atoms with Gasteiger partial charge in [-0.2, -0.15) is 0 Å². The minimum atomic E-state index is -0.220. The van der Waals surface area contributed by atoms with Gasteiger partial charge in [-0.3, -0.25) is 4.79 Å². The lowest BCUT2D eigenvalue weighted by Crippen LogP contribution is -2.22. The molecule has 1 heterocycles. The Morgan fingerprint density at radius 3 is 2.94 bits per heavy atom. The molecule has 0 fully saturated rings. The van der Waals surface area contributed by atoms with Crippen molar-refractivity contribution in [2.24, 2.45) is 5.73 Å². The Hall–Kier alpha value is -2.07. The van der Waals surface area contributed by atoms with Crippen molar-refractivity contribution in [1.29, 1.82) is 0 Å². The summed E-state index contributed by atoms with van der Waals surface area (Å²) in [4.78, 5) is 11.7. The van der Waals surface area contributed by atoms with Crippen molar-refractivity contribution < 1.29 is 9.21 Å². The van der Waals surface area contributed by atoms with Gasteiger partial charge in [0.2, 0.25) is 0 Å². The molecule has 0 saturated heterocycles. The predicted octanol–water partition coefficient (Wildman–Crippen LogP) is 1.68. The van der Waals surface area contributed by atoms with Crippen molar-refractivity contribution in [3.8, 4) is 0 Å². The van der Waals surface area contributed by atoms with Crippen LogP contribution in [0.15, 0.2) is 46.9 Å². The van der Waals surface area contributed by atoms with Crippen molar-refractivity contribution in [3.05, 3.63) is 48.2 Å². The largest absolute Gasteiger partial charge is 0.451 e. The van der Waals surface area contributed by atoms with Crippen molar-refractivity contribution in [2.45, 2.75) is 0 Å². The number of rotatable bonds is 4. The standard InChI is InChI=1S/C13H14N2O2/c14-7-3-4-8-15-13(16)12-9-10-5-1-2-6-11(10)17-12/h1-6,9H,7-8,14H2,(H,15,16)/b4-3+. The number of nitrogens with two attached hydrogens (primary N) is 1. The zero-order valence-electron chi connectivity index (χ0n) is 9.35. The van der Waals surface area contributed by atoms with Crippen LogP contribution in [-0.2, 0) is 0 Å². The summed E-state index contributed by atoms with van der Waals surface area (Å²) in [5.74, 6) is 0.107. The molecule has 3 N–H and O–H groups in total. The molecule has 0 atom stereocenters. The van der Waals surface area contributed by atoms with E-state index in [-0.39, 0.29) is 5.91 Å². The van der Waals surface area contributed by atoms with Gasteiger partial charge in [-0.15, -0.1) is 0 Å². The normalized spacial score (nSPS) is 11.1. The van der Waals surface area contributed by atoms with E-state index < -0.39 is 0 Å². The number of carbonyl (C=O) groups excluding carboxylic acids is 1. The first-order valence-electron chi connectivity index (χ1n) is 5.43. The summed E-state index contributed by atoms with van der Waals surface area (Å²) in [5.41, 5.74) is 6.01. The second kappa shape index (κ2) is 5.32. The van der Waals surface area contributed by atoms with Crippen molar-refractivity contribution in [2.75, 3.05) is 13.1 Å². The van der Waals surface area contributed by atoms with Crippen LogP contribution in [-0.4, -0.2) is 19.0 Å². The molecule has 17 heavy (non-hydrogen) atoms. The van der Waals surface area contributed by atoms with Crippen molar-refractivity contribution in [3.63, 3.8) is 0 Å². The third-order valence-electron chi connectivity index (χ3n) is 2.33. The van der Waals surface area contributed by atoms with Crippen LogP contribution in [0.2, 0.25) is 0 Å². The number of furan rings is 1. The number of nitrogens with one attached hydrogen (secondary N) is 1. The number of hydrogen-bond donors (Lipinski definition) is 2. The van der Waals surface area contributed by atoms with E-state index in [2.05, 4.69) is 5.32 Å². The maximum Gasteiger partial charge on any atom is 0.287 e. The Kier molecular flexibility index (Phi) is 3.57. The van der Waals surface area contributed by atoms with Gasteiger partial charge < -0.3 is 15.5 Å². The van der Waals surface area contributed by atoms with Gasteiger partial charge in [-0.25, -0.2) is 0 Å². The molecule has 0 spiro atoms. The Morgan fingerprint density at radius 1 is 1.35 bits per heavy atom. The molecule has 1 aromatic heterocycles. The smallest absolute Gasteiger partial charge is 0.287 e. The van der Waals surface area contributed by atoms with Gasteiger partial charge >= 0.3 is 0 Å². The summed E-state index contributed by atoms with van der Waals surface area (Å²) in [7, 11) is 0. The van der Waals surface area contributed by atoms with Crippen LogP contribution in [0.25, 0.3) is 11.0 Å². The fourth-order valence-electron chi connectivity index (χ4n) is 1.51. The maximum absolute atomic E-state index is 11.7. The predicted molar refractivity (Wildman–Crippen MR) is 66.7 cm³/mol. The summed E-state index contributed by atoms with van der Waals surface area (Å²) in [6.07, 6.45) is 3.60. The van der Waals surface area contributed by atoms with Crippen molar-refractivity contribution >= 4 is 16.9 Å². The molecule has 0 aliphatic heterocycles. The van der Waals surface area contributed by atoms with Crippen LogP contribution in [0.5, 0.6) is 0 Å². The number of hydrogen-bond acceptors (Lipinski definition) is 3. The summed E-state index contributed by atoms with van der Waals surface area (Å²) >= 11 is 0. The lowest BCUT2D eigenvalue weighted by molar-refractivity contribution is 0.0932.